The van der Waals surface area contributed by atoms with Gasteiger partial charge in [-0.1, -0.05) is 41.4 Å². The first-order valence-corrected chi connectivity index (χ1v) is 6.30. The molecule has 0 atom stereocenters. The van der Waals surface area contributed by atoms with E-state index in [-0.39, 0.29) is 0 Å². The predicted molar refractivity (Wildman–Crippen MR) is 75.1 cm³/mol. The standard InChI is InChI=1S/C14H13Cl2NO/c15-12-4-1-10(2-5-12)9-18-14-7-13(16)6-3-11(14)8-17/h1-7H,8-9,17H2. The summed E-state index contributed by atoms with van der Waals surface area (Å²) in [5.74, 6) is 0.722. The van der Waals surface area contributed by atoms with Crippen LogP contribution in [0.4, 0.5) is 0 Å². The van der Waals surface area contributed by atoms with Crippen molar-refractivity contribution in [3.63, 3.8) is 0 Å². The molecule has 4 heteroatoms. The summed E-state index contributed by atoms with van der Waals surface area (Å²) >= 11 is 11.8. The van der Waals surface area contributed by atoms with E-state index in [2.05, 4.69) is 0 Å². The van der Waals surface area contributed by atoms with Crippen LogP contribution in [-0.4, -0.2) is 0 Å². The summed E-state index contributed by atoms with van der Waals surface area (Å²) in [5, 5.41) is 1.35. The number of rotatable bonds is 4. The van der Waals surface area contributed by atoms with Crippen molar-refractivity contribution >= 4 is 23.2 Å². The SMILES string of the molecule is NCc1ccc(Cl)cc1OCc1ccc(Cl)cc1. The van der Waals surface area contributed by atoms with Crippen LogP contribution in [0.25, 0.3) is 0 Å². The molecule has 0 spiro atoms. The molecule has 0 radical (unpaired) electrons. The molecule has 0 fully saturated rings. The van der Waals surface area contributed by atoms with Crippen molar-refractivity contribution in [1.29, 1.82) is 0 Å². The van der Waals surface area contributed by atoms with Crippen molar-refractivity contribution in [3.8, 4) is 5.75 Å². The third-order valence-corrected chi connectivity index (χ3v) is 3.04. The summed E-state index contributed by atoms with van der Waals surface area (Å²) in [4.78, 5) is 0. The van der Waals surface area contributed by atoms with E-state index in [0.29, 0.717) is 23.2 Å². The number of halogens is 2. The van der Waals surface area contributed by atoms with Crippen molar-refractivity contribution in [2.24, 2.45) is 5.73 Å². The van der Waals surface area contributed by atoms with Crippen LogP contribution in [0.3, 0.4) is 0 Å². The summed E-state index contributed by atoms with van der Waals surface area (Å²) in [5.41, 5.74) is 7.63. The van der Waals surface area contributed by atoms with Gasteiger partial charge in [-0.05, 0) is 29.8 Å². The average Bonchev–Trinajstić information content (AvgIpc) is 2.38. The second kappa shape index (κ2) is 6.10. The summed E-state index contributed by atoms with van der Waals surface area (Å²) in [6.45, 7) is 0.887. The minimum Gasteiger partial charge on any atom is -0.489 e. The molecule has 0 aromatic heterocycles. The van der Waals surface area contributed by atoms with Crippen LogP contribution in [0.15, 0.2) is 42.5 Å². The second-order valence-electron chi connectivity index (χ2n) is 3.87. The fourth-order valence-electron chi connectivity index (χ4n) is 1.57. The first-order valence-electron chi connectivity index (χ1n) is 5.55. The highest BCUT2D eigenvalue weighted by Crippen LogP contribution is 2.24. The highest BCUT2D eigenvalue weighted by molar-refractivity contribution is 6.30. The Hall–Kier alpha value is -1.22. The largest absolute Gasteiger partial charge is 0.489 e. The number of hydrogen-bond acceptors (Lipinski definition) is 2. The summed E-state index contributed by atoms with van der Waals surface area (Å²) in [6, 6.07) is 13.0. The third kappa shape index (κ3) is 3.39. The van der Waals surface area contributed by atoms with Crippen LogP contribution in [0.5, 0.6) is 5.75 Å². The zero-order chi connectivity index (χ0) is 13.0. The van der Waals surface area contributed by atoms with Crippen LogP contribution >= 0.6 is 23.2 Å². The number of nitrogens with two attached hydrogens (primary N) is 1. The lowest BCUT2D eigenvalue weighted by atomic mass is 10.2. The fourth-order valence-corrected chi connectivity index (χ4v) is 1.86. The minimum atomic E-state index is 0.424. The van der Waals surface area contributed by atoms with Gasteiger partial charge in [-0.25, -0.2) is 0 Å². The Kier molecular flexibility index (Phi) is 4.48. The van der Waals surface area contributed by atoms with Gasteiger partial charge in [-0.3, -0.25) is 0 Å². The van der Waals surface area contributed by atoms with Crippen molar-refractivity contribution < 1.29 is 4.74 Å². The van der Waals surface area contributed by atoms with Crippen molar-refractivity contribution in [2.75, 3.05) is 0 Å². The molecule has 0 bridgehead atoms. The van der Waals surface area contributed by atoms with Gasteiger partial charge >= 0.3 is 0 Å². The smallest absolute Gasteiger partial charge is 0.125 e. The summed E-state index contributed by atoms with van der Waals surface area (Å²) in [7, 11) is 0. The second-order valence-corrected chi connectivity index (χ2v) is 4.74. The molecule has 2 nitrogen and oxygen atoms in total. The lowest BCUT2D eigenvalue weighted by Gasteiger charge is -2.11. The molecule has 0 unspecified atom stereocenters. The van der Waals surface area contributed by atoms with Crippen LogP contribution in [0.2, 0.25) is 10.0 Å². The molecule has 0 aliphatic rings. The molecular weight excluding hydrogens is 269 g/mol. The van der Waals surface area contributed by atoms with E-state index in [1.165, 1.54) is 0 Å². The number of ether oxygens (including phenoxy) is 1. The molecule has 0 saturated heterocycles. The zero-order valence-electron chi connectivity index (χ0n) is 9.70. The molecule has 2 rings (SSSR count). The molecule has 0 heterocycles. The van der Waals surface area contributed by atoms with Gasteiger partial charge in [0.25, 0.3) is 0 Å². The molecule has 0 aliphatic heterocycles. The highest BCUT2D eigenvalue weighted by Gasteiger charge is 2.04. The maximum Gasteiger partial charge on any atom is 0.125 e. The van der Waals surface area contributed by atoms with E-state index >= 15 is 0 Å². The Morgan fingerprint density at radius 1 is 0.944 bits per heavy atom. The quantitative estimate of drug-likeness (QED) is 0.918. The van der Waals surface area contributed by atoms with E-state index in [1.54, 1.807) is 12.1 Å². The topological polar surface area (TPSA) is 35.2 Å². The van der Waals surface area contributed by atoms with Gasteiger partial charge in [0, 0.05) is 22.2 Å². The normalized spacial score (nSPS) is 10.4. The monoisotopic (exact) mass is 281 g/mol. The van der Waals surface area contributed by atoms with Crippen LogP contribution < -0.4 is 10.5 Å². The van der Waals surface area contributed by atoms with Gasteiger partial charge in [-0.15, -0.1) is 0 Å². The zero-order valence-corrected chi connectivity index (χ0v) is 11.2. The molecule has 2 aromatic carbocycles. The van der Waals surface area contributed by atoms with Gasteiger partial charge in [0.2, 0.25) is 0 Å². The molecular formula is C14H13Cl2NO. The molecule has 2 aromatic rings. The van der Waals surface area contributed by atoms with Crippen LogP contribution in [0, 0.1) is 0 Å². The average molecular weight is 282 g/mol. The molecule has 94 valence electrons. The Balaban J connectivity index is 2.09. The lowest BCUT2D eigenvalue weighted by molar-refractivity contribution is 0.303. The van der Waals surface area contributed by atoms with Gasteiger partial charge < -0.3 is 10.5 Å². The van der Waals surface area contributed by atoms with Gasteiger partial charge in [0.05, 0.1) is 0 Å². The molecule has 0 aliphatic carbocycles. The first kappa shape index (κ1) is 13.2. The fraction of sp³-hybridized carbons (Fsp3) is 0.143. The van der Waals surface area contributed by atoms with Crippen molar-refractivity contribution in [1.82, 2.24) is 0 Å². The molecule has 2 N–H and O–H groups in total. The van der Waals surface area contributed by atoms with E-state index in [9.17, 15) is 0 Å². The van der Waals surface area contributed by atoms with E-state index in [0.717, 1.165) is 16.9 Å². The third-order valence-electron chi connectivity index (χ3n) is 2.56. The Bertz CT molecular complexity index is 526. The van der Waals surface area contributed by atoms with E-state index in [1.807, 2.05) is 30.3 Å². The highest BCUT2D eigenvalue weighted by atomic mass is 35.5. The Morgan fingerprint density at radius 2 is 1.61 bits per heavy atom. The maximum absolute atomic E-state index is 5.94. The molecule has 0 saturated carbocycles. The van der Waals surface area contributed by atoms with Gasteiger partial charge in [0.15, 0.2) is 0 Å². The molecule has 0 amide bonds. The number of benzene rings is 2. The van der Waals surface area contributed by atoms with E-state index < -0.39 is 0 Å². The Labute approximate surface area is 116 Å². The van der Waals surface area contributed by atoms with Crippen molar-refractivity contribution in [2.45, 2.75) is 13.2 Å². The van der Waals surface area contributed by atoms with Gasteiger partial charge in [0.1, 0.15) is 12.4 Å². The predicted octanol–water partition coefficient (Wildman–Crippen LogP) is 4.03. The lowest BCUT2D eigenvalue weighted by Crippen LogP contribution is -2.02. The van der Waals surface area contributed by atoms with E-state index in [4.69, 9.17) is 33.7 Å². The van der Waals surface area contributed by atoms with Crippen LogP contribution in [-0.2, 0) is 13.2 Å². The maximum atomic E-state index is 5.94. The summed E-state index contributed by atoms with van der Waals surface area (Å²) in [6.07, 6.45) is 0. The van der Waals surface area contributed by atoms with Crippen molar-refractivity contribution in [3.05, 3.63) is 63.6 Å². The molecule has 18 heavy (non-hydrogen) atoms. The van der Waals surface area contributed by atoms with Gasteiger partial charge in [-0.2, -0.15) is 0 Å². The van der Waals surface area contributed by atoms with Crippen LogP contribution in [0.1, 0.15) is 11.1 Å². The minimum absolute atomic E-state index is 0.424. The number of hydrogen-bond donors (Lipinski definition) is 1. The first-order chi connectivity index (χ1) is 8.69. The summed E-state index contributed by atoms with van der Waals surface area (Å²) < 4.78 is 5.73. The Morgan fingerprint density at radius 3 is 2.28 bits per heavy atom.